The van der Waals surface area contributed by atoms with Crippen molar-refractivity contribution in [3.05, 3.63) is 89.4 Å². The summed E-state index contributed by atoms with van der Waals surface area (Å²) < 4.78 is 10.9. The summed E-state index contributed by atoms with van der Waals surface area (Å²) in [6.45, 7) is 2.94. The smallest absolute Gasteiger partial charge is 0.257 e. The molecular weight excluding hydrogens is 390 g/mol. The molecule has 0 saturated carbocycles. The summed E-state index contributed by atoms with van der Waals surface area (Å²) >= 11 is 0. The molecule has 1 aromatic heterocycles. The molecule has 0 N–H and O–H groups in total. The minimum atomic E-state index is -0.232. The van der Waals surface area contributed by atoms with Gasteiger partial charge in [0, 0.05) is 13.0 Å². The molecule has 160 valence electrons. The Labute approximate surface area is 182 Å². The molecule has 0 radical (unpaired) electrons. The van der Waals surface area contributed by atoms with Crippen LogP contribution in [0.4, 0.5) is 0 Å². The van der Waals surface area contributed by atoms with E-state index >= 15 is 0 Å². The van der Waals surface area contributed by atoms with Gasteiger partial charge in [-0.25, -0.2) is 5.01 Å². The number of carbonyl (C=O) groups is 1. The number of hydrazone groups is 1. The number of furan rings is 1. The SMILES string of the molecule is COc1cccc(CN(C)CC(=O)N2N=C(c3ccc(C)cc3)C[C@H]2c2ccco2)c1. The van der Waals surface area contributed by atoms with Crippen molar-refractivity contribution in [3.63, 3.8) is 0 Å². The lowest BCUT2D eigenvalue weighted by Crippen LogP contribution is -2.36. The maximum Gasteiger partial charge on any atom is 0.257 e. The minimum absolute atomic E-state index is 0.0612. The molecule has 0 saturated heterocycles. The van der Waals surface area contributed by atoms with Gasteiger partial charge in [-0.3, -0.25) is 9.69 Å². The highest BCUT2D eigenvalue weighted by molar-refractivity contribution is 6.03. The monoisotopic (exact) mass is 417 g/mol. The molecule has 1 aliphatic rings. The summed E-state index contributed by atoms with van der Waals surface area (Å²) in [5.41, 5.74) is 4.20. The molecule has 0 unspecified atom stereocenters. The third-order valence-electron chi connectivity index (χ3n) is 5.41. The fraction of sp³-hybridized carbons (Fsp3) is 0.280. The van der Waals surface area contributed by atoms with Crippen molar-refractivity contribution in [2.75, 3.05) is 20.7 Å². The van der Waals surface area contributed by atoms with Gasteiger partial charge in [-0.2, -0.15) is 5.10 Å². The van der Waals surface area contributed by atoms with E-state index in [1.807, 2.05) is 48.3 Å². The predicted molar refractivity (Wildman–Crippen MR) is 120 cm³/mol. The molecule has 6 heteroatoms. The summed E-state index contributed by atoms with van der Waals surface area (Å²) in [6, 6.07) is 19.6. The molecule has 1 aliphatic heterocycles. The zero-order chi connectivity index (χ0) is 21.8. The summed E-state index contributed by atoms with van der Waals surface area (Å²) in [6.07, 6.45) is 2.26. The van der Waals surface area contributed by atoms with E-state index in [0.717, 1.165) is 28.3 Å². The number of hydrogen-bond donors (Lipinski definition) is 0. The standard InChI is InChI=1S/C25H27N3O3/c1-18-9-11-20(12-10-18)22-15-23(24-8-5-13-31-24)28(26-22)25(29)17-27(2)16-19-6-4-7-21(14-19)30-3/h4-14,23H,15-17H2,1-3H3/t23-/m0/s1. The van der Waals surface area contributed by atoms with Crippen molar-refractivity contribution < 1.29 is 13.9 Å². The van der Waals surface area contributed by atoms with Gasteiger partial charge >= 0.3 is 0 Å². The molecule has 0 aliphatic carbocycles. The molecular formula is C25H27N3O3. The number of methoxy groups -OCH3 is 1. The molecule has 31 heavy (non-hydrogen) atoms. The Bertz CT molecular complexity index is 1060. The number of nitrogens with zero attached hydrogens (tertiary/aromatic N) is 3. The highest BCUT2D eigenvalue weighted by Crippen LogP contribution is 2.33. The van der Waals surface area contributed by atoms with Crippen molar-refractivity contribution in [1.29, 1.82) is 0 Å². The number of rotatable bonds is 7. The zero-order valence-corrected chi connectivity index (χ0v) is 18.1. The maximum atomic E-state index is 13.2. The van der Waals surface area contributed by atoms with Crippen LogP contribution in [0.2, 0.25) is 0 Å². The van der Waals surface area contributed by atoms with Crippen LogP contribution in [0.3, 0.4) is 0 Å². The first kappa shape index (κ1) is 20.9. The summed E-state index contributed by atoms with van der Waals surface area (Å²) in [7, 11) is 3.58. The first-order valence-electron chi connectivity index (χ1n) is 10.3. The van der Waals surface area contributed by atoms with Crippen LogP contribution < -0.4 is 4.74 Å². The summed E-state index contributed by atoms with van der Waals surface area (Å²) in [5.74, 6) is 1.49. The van der Waals surface area contributed by atoms with Crippen LogP contribution in [0.1, 0.15) is 34.9 Å². The van der Waals surface area contributed by atoms with E-state index in [2.05, 4.69) is 31.2 Å². The molecule has 2 aromatic carbocycles. The second-order valence-corrected chi connectivity index (χ2v) is 7.91. The Kier molecular flexibility index (Phi) is 6.18. The van der Waals surface area contributed by atoms with Gasteiger partial charge in [-0.05, 0) is 49.4 Å². The highest BCUT2D eigenvalue weighted by atomic mass is 16.5. The number of aryl methyl sites for hydroxylation is 1. The van der Waals surface area contributed by atoms with E-state index in [1.54, 1.807) is 18.4 Å². The van der Waals surface area contributed by atoms with Gasteiger partial charge in [-0.1, -0.05) is 42.0 Å². The third kappa shape index (κ3) is 4.86. The zero-order valence-electron chi connectivity index (χ0n) is 18.1. The Morgan fingerprint density at radius 1 is 1.19 bits per heavy atom. The lowest BCUT2D eigenvalue weighted by Gasteiger charge is -2.23. The molecule has 3 aromatic rings. The Morgan fingerprint density at radius 2 is 2.00 bits per heavy atom. The summed E-state index contributed by atoms with van der Waals surface area (Å²) in [4.78, 5) is 15.2. The van der Waals surface area contributed by atoms with E-state index in [1.165, 1.54) is 5.56 Å². The average molecular weight is 418 g/mol. The van der Waals surface area contributed by atoms with E-state index in [4.69, 9.17) is 14.3 Å². The van der Waals surface area contributed by atoms with Crippen LogP contribution in [0.15, 0.2) is 76.4 Å². The average Bonchev–Trinajstić information content (AvgIpc) is 3.44. The van der Waals surface area contributed by atoms with Crippen molar-refractivity contribution in [1.82, 2.24) is 9.91 Å². The van der Waals surface area contributed by atoms with Gasteiger partial charge in [0.15, 0.2) is 0 Å². The number of amides is 1. The lowest BCUT2D eigenvalue weighted by atomic mass is 10.0. The van der Waals surface area contributed by atoms with Gasteiger partial charge < -0.3 is 9.15 Å². The first-order chi connectivity index (χ1) is 15.0. The minimum Gasteiger partial charge on any atom is -0.497 e. The van der Waals surface area contributed by atoms with Crippen LogP contribution in [0.25, 0.3) is 0 Å². The largest absolute Gasteiger partial charge is 0.497 e. The Hall–Kier alpha value is -3.38. The molecule has 2 heterocycles. The van der Waals surface area contributed by atoms with E-state index in [-0.39, 0.29) is 18.5 Å². The number of carbonyl (C=O) groups excluding carboxylic acids is 1. The predicted octanol–water partition coefficient (Wildman–Crippen LogP) is 4.41. The van der Waals surface area contributed by atoms with E-state index in [9.17, 15) is 4.79 Å². The first-order valence-corrected chi connectivity index (χ1v) is 10.3. The molecule has 6 nitrogen and oxygen atoms in total. The number of likely N-dealkylation sites (N-methyl/N-ethyl adjacent to an activating group) is 1. The van der Waals surface area contributed by atoms with Crippen LogP contribution in [-0.2, 0) is 11.3 Å². The fourth-order valence-electron chi connectivity index (χ4n) is 3.81. The molecule has 1 amide bonds. The van der Waals surface area contributed by atoms with E-state index in [0.29, 0.717) is 13.0 Å². The third-order valence-corrected chi connectivity index (χ3v) is 5.41. The normalized spacial score (nSPS) is 15.9. The van der Waals surface area contributed by atoms with Crippen LogP contribution in [0.5, 0.6) is 5.75 Å². The van der Waals surface area contributed by atoms with Crippen LogP contribution in [0, 0.1) is 6.92 Å². The van der Waals surface area contributed by atoms with Crippen molar-refractivity contribution in [3.8, 4) is 5.75 Å². The van der Waals surface area contributed by atoms with Crippen molar-refractivity contribution >= 4 is 11.6 Å². The topological polar surface area (TPSA) is 58.3 Å². The van der Waals surface area contributed by atoms with Crippen molar-refractivity contribution in [2.24, 2.45) is 5.10 Å². The van der Waals surface area contributed by atoms with E-state index < -0.39 is 0 Å². The summed E-state index contributed by atoms with van der Waals surface area (Å²) in [5, 5.41) is 6.29. The van der Waals surface area contributed by atoms with Crippen LogP contribution >= 0.6 is 0 Å². The van der Waals surface area contributed by atoms with Crippen LogP contribution in [-0.4, -0.2) is 42.2 Å². The number of ether oxygens (including phenoxy) is 1. The fourth-order valence-corrected chi connectivity index (χ4v) is 3.81. The molecule has 0 spiro atoms. The molecule has 1 atom stereocenters. The molecule has 4 rings (SSSR count). The Morgan fingerprint density at radius 3 is 2.71 bits per heavy atom. The molecule has 0 bridgehead atoms. The van der Waals surface area contributed by atoms with Gasteiger partial charge in [0.05, 0.1) is 25.6 Å². The quantitative estimate of drug-likeness (QED) is 0.572. The lowest BCUT2D eigenvalue weighted by molar-refractivity contribution is -0.134. The van der Waals surface area contributed by atoms with Crippen molar-refractivity contribution in [2.45, 2.75) is 25.9 Å². The number of benzene rings is 2. The molecule has 0 fully saturated rings. The van der Waals surface area contributed by atoms with Gasteiger partial charge in [0.2, 0.25) is 0 Å². The highest BCUT2D eigenvalue weighted by Gasteiger charge is 2.35. The second-order valence-electron chi connectivity index (χ2n) is 7.91. The van der Waals surface area contributed by atoms with Gasteiger partial charge in [0.25, 0.3) is 5.91 Å². The van der Waals surface area contributed by atoms with Gasteiger partial charge in [0.1, 0.15) is 17.6 Å². The second kappa shape index (κ2) is 9.18. The van der Waals surface area contributed by atoms with Gasteiger partial charge in [-0.15, -0.1) is 0 Å². The number of hydrogen-bond acceptors (Lipinski definition) is 5. The Balaban J connectivity index is 1.50. The maximum absolute atomic E-state index is 13.2.